The molecular weight excluding hydrogens is 208 g/mol. The molecule has 90 valence electrons. The molecule has 0 atom stereocenters. The molecule has 1 aromatic heterocycles. The van der Waals surface area contributed by atoms with E-state index in [-0.39, 0.29) is 0 Å². The first-order valence-electron chi connectivity index (χ1n) is 6.16. The van der Waals surface area contributed by atoms with Crippen molar-refractivity contribution in [3.05, 3.63) is 52.6 Å². The van der Waals surface area contributed by atoms with Gasteiger partial charge >= 0.3 is 0 Å². The zero-order valence-electron chi connectivity index (χ0n) is 11.0. The molecule has 0 aliphatic rings. The van der Waals surface area contributed by atoms with Crippen LogP contribution in [0, 0.1) is 13.8 Å². The third-order valence-corrected chi connectivity index (χ3v) is 3.28. The molecule has 2 heteroatoms. The first kappa shape index (κ1) is 11.9. The van der Waals surface area contributed by atoms with Crippen molar-refractivity contribution >= 4 is 0 Å². The van der Waals surface area contributed by atoms with Crippen molar-refractivity contribution in [1.82, 2.24) is 9.97 Å². The van der Waals surface area contributed by atoms with Crippen LogP contribution in [0.2, 0.25) is 0 Å². The molecule has 0 spiro atoms. The van der Waals surface area contributed by atoms with Gasteiger partial charge in [-0.25, -0.2) is 4.98 Å². The van der Waals surface area contributed by atoms with Gasteiger partial charge in [-0.3, -0.25) is 0 Å². The molecule has 1 aromatic carbocycles. The highest BCUT2D eigenvalue weighted by molar-refractivity contribution is 5.40. The number of benzene rings is 1. The van der Waals surface area contributed by atoms with Gasteiger partial charge in [0, 0.05) is 18.8 Å². The highest BCUT2D eigenvalue weighted by Crippen LogP contribution is 2.23. The standard InChI is InChI=1S/C15H20N2/c1-10(2)13-7-11(3)14(12(4)8-13)9-15-16-5-6-17-15/h5-8,10H,9H2,1-4H3,(H,16,17). The van der Waals surface area contributed by atoms with Gasteiger partial charge in [-0.15, -0.1) is 0 Å². The predicted molar refractivity (Wildman–Crippen MR) is 71.4 cm³/mol. The zero-order chi connectivity index (χ0) is 12.4. The lowest BCUT2D eigenvalue weighted by molar-refractivity contribution is 0.858. The Morgan fingerprint density at radius 2 is 1.82 bits per heavy atom. The second-order valence-electron chi connectivity index (χ2n) is 5.00. The van der Waals surface area contributed by atoms with Crippen LogP contribution in [0.3, 0.4) is 0 Å². The smallest absolute Gasteiger partial charge is 0.110 e. The van der Waals surface area contributed by atoms with Gasteiger partial charge in [-0.05, 0) is 42.0 Å². The van der Waals surface area contributed by atoms with Gasteiger partial charge < -0.3 is 4.98 Å². The summed E-state index contributed by atoms with van der Waals surface area (Å²) < 4.78 is 0. The molecule has 2 nitrogen and oxygen atoms in total. The van der Waals surface area contributed by atoms with Crippen molar-refractivity contribution in [2.45, 2.75) is 40.0 Å². The van der Waals surface area contributed by atoms with Crippen molar-refractivity contribution in [3.8, 4) is 0 Å². The number of hydrogen-bond acceptors (Lipinski definition) is 1. The van der Waals surface area contributed by atoms with Crippen LogP contribution < -0.4 is 0 Å². The number of nitrogens with one attached hydrogen (secondary N) is 1. The van der Waals surface area contributed by atoms with E-state index >= 15 is 0 Å². The number of imidazole rings is 1. The van der Waals surface area contributed by atoms with Crippen LogP contribution in [-0.4, -0.2) is 9.97 Å². The maximum absolute atomic E-state index is 4.30. The molecule has 0 saturated heterocycles. The molecule has 2 aromatic rings. The molecule has 0 fully saturated rings. The quantitative estimate of drug-likeness (QED) is 0.851. The van der Waals surface area contributed by atoms with Crippen LogP contribution >= 0.6 is 0 Å². The second kappa shape index (κ2) is 4.74. The summed E-state index contributed by atoms with van der Waals surface area (Å²) >= 11 is 0. The third kappa shape index (κ3) is 2.57. The Kier molecular flexibility index (Phi) is 3.32. The molecule has 0 aliphatic heterocycles. The van der Waals surface area contributed by atoms with Crippen molar-refractivity contribution in [1.29, 1.82) is 0 Å². The van der Waals surface area contributed by atoms with Gasteiger partial charge in [0.25, 0.3) is 0 Å². The fourth-order valence-corrected chi connectivity index (χ4v) is 2.20. The fraction of sp³-hybridized carbons (Fsp3) is 0.400. The van der Waals surface area contributed by atoms with E-state index in [0.29, 0.717) is 5.92 Å². The summed E-state index contributed by atoms with van der Waals surface area (Å²) in [5.74, 6) is 1.62. The number of aromatic amines is 1. The Hall–Kier alpha value is -1.57. The number of aromatic nitrogens is 2. The van der Waals surface area contributed by atoms with E-state index < -0.39 is 0 Å². The van der Waals surface area contributed by atoms with Gasteiger partial charge in [0.05, 0.1) is 0 Å². The van der Waals surface area contributed by atoms with Gasteiger partial charge in [0.2, 0.25) is 0 Å². The Labute approximate surface area is 103 Å². The number of hydrogen-bond donors (Lipinski definition) is 1. The summed E-state index contributed by atoms with van der Waals surface area (Å²) in [6, 6.07) is 4.60. The molecule has 0 amide bonds. The van der Waals surface area contributed by atoms with Crippen molar-refractivity contribution in [3.63, 3.8) is 0 Å². The fourth-order valence-electron chi connectivity index (χ4n) is 2.20. The highest BCUT2D eigenvalue weighted by atomic mass is 14.9. The molecule has 1 N–H and O–H groups in total. The summed E-state index contributed by atoms with van der Waals surface area (Å²) in [5.41, 5.74) is 5.54. The Morgan fingerprint density at radius 3 is 2.29 bits per heavy atom. The van der Waals surface area contributed by atoms with Crippen LogP contribution in [0.25, 0.3) is 0 Å². The summed E-state index contributed by atoms with van der Waals surface area (Å²) in [5, 5.41) is 0. The summed E-state index contributed by atoms with van der Waals surface area (Å²) in [4.78, 5) is 7.46. The molecule has 0 saturated carbocycles. The monoisotopic (exact) mass is 228 g/mol. The van der Waals surface area contributed by atoms with E-state index in [1.54, 1.807) is 0 Å². The van der Waals surface area contributed by atoms with E-state index in [2.05, 4.69) is 49.8 Å². The first-order chi connectivity index (χ1) is 8.08. The maximum atomic E-state index is 4.30. The summed E-state index contributed by atoms with van der Waals surface area (Å²) in [6.45, 7) is 8.86. The molecule has 0 unspecified atom stereocenters. The van der Waals surface area contributed by atoms with E-state index in [9.17, 15) is 0 Å². The molecule has 2 rings (SSSR count). The molecule has 0 bridgehead atoms. The van der Waals surface area contributed by atoms with Crippen LogP contribution in [0.5, 0.6) is 0 Å². The number of rotatable bonds is 3. The van der Waals surface area contributed by atoms with E-state index in [1.165, 1.54) is 22.3 Å². The average Bonchev–Trinajstić information content (AvgIpc) is 2.75. The summed E-state index contributed by atoms with van der Waals surface area (Å²) in [6.07, 6.45) is 4.58. The van der Waals surface area contributed by atoms with Crippen LogP contribution in [-0.2, 0) is 6.42 Å². The average molecular weight is 228 g/mol. The van der Waals surface area contributed by atoms with E-state index in [1.807, 2.05) is 12.4 Å². The minimum absolute atomic E-state index is 0.588. The van der Waals surface area contributed by atoms with E-state index in [0.717, 1.165) is 12.2 Å². The zero-order valence-corrected chi connectivity index (χ0v) is 11.0. The summed E-state index contributed by atoms with van der Waals surface area (Å²) in [7, 11) is 0. The molecule has 0 radical (unpaired) electrons. The second-order valence-corrected chi connectivity index (χ2v) is 5.00. The van der Waals surface area contributed by atoms with Crippen LogP contribution in [0.1, 0.15) is 47.8 Å². The highest BCUT2D eigenvalue weighted by Gasteiger charge is 2.09. The van der Waals surface area contributed by atoms with E-state index in [4.69, 9.17) is 0 Å². The van der Waals surface area contributed by atoms with Gasteiger partial charge in [0.1, 0.15) is 5.82 Å². The van der Waals surface area contributed by atoms with Crippen molar-refractivity contribution in [2.75, 3.05) is 0 Å². The topological polar surface area (TPSA) is 28.7 Å². The Morgan fingerprint density at radius 1 is 1.18 bits per heavy atom. The number of aryl methyl sites for hydroxylation is 2. The lowest BCUT2D eigenvalue weighted by Crippen LogP contribution is -2.00. The largest absolute Gasteiger partial charge is 0.348 e. The third-order valence-electron chi connectivity index (χ3n) is 3.28. The Bertz CT molecular complexity index is 473. The van der Waals surface area contributed by atoms with Crippen molar-refractivity contribution < 1.29 is 0 Å². The van der Waals surface area contributed by atoms with Gasteiger partial charge in [0.15, 0.2) is 0 Å². The van der Waals surface area contributed by atoms with Crippen LogP contribution in [0.4, 0.5) is 0 Å². The predicted octanol–water partition coefficient (Wildman–Crippen LogP) is 3.74. The number of H-pyrrole nitrogens is 1. The van der Waals surface area contributed by atoms with Gasteiger partial charge in [-0.2, -0.15) is 0 Å². The SMILES string of the molecule is Cc1cc(C(C)C)cc(C)c1Cc1ncc[nH]1. The van der Waals surface area contributed by atoms with Gasteiger partial charge in [-0.1, -0.05) is 26.0 Å². The molecule has 0 aliphatic carbocycles. The first-order valence-corrected chi connectivity index (χ1v) is 6.16. The lowest BCUT2D eigenvalue weighted by atomic mass is 9.92. The van der Waals surface area contributed by atoms with Crippen LogP contribution in [0.15, 0.2) is 24.5 Å². The lowest BCUT2D eigenvalue weighted by Gasteiger charge is -2.14. The minimum Gasteiger partial charge on any atom is -0.348 e. The Balaban J connectivity index is 2.35. The maximum Gasteiger partial charge on any atom is 0.110 e. The van der Waals surface area contributed by atoms with Crippen molar-refractivity contribution in [2.24, 2.45) is 0 Å². The normalized spacial score (nSPS) is 11.1. The molecular formula is C15H20N2. The molecule has 1 heterocycles. The number of nitrogens with zero attached hydrogens (tertiary/aromatic N) is 1. The minimum atomic E-state index is 0.588. The molecule has 17 heavy (non-hydrogen) atoms.